The van der Waals surface area contributed by atoms with E-state index in [2.05, 4.69) is 58.6 Å². The van der Waals surface area contributed by atoms with Crippen molar-refractivity contribution in [3.63, 3.8) is 0 Å². The molecule has 0 saturated heterocycles. The van der Waals surface area contributed by atoms with E-state index in [9.17, 15) is 14.4 Å². The highest BCUT2D eigenvalue weighted by Gasteiger charge is 2.20. The lowest BCUT2D eigenvalue weighted by molar-refractivity contribution is -0.140. The van der Waals surface area contributed by atoms with E-state index in [1.807, 2.05) is 61.5 Å². The second-order valence-corrected chi connectivity index (χ2v) is 12.8. The van der Waals surface area contributed by atoms with Gasteiger partial charge in [0, 0.05) is 73.5 Å². The molecule has 5 rings (SSSR count). The molecule has 1 aromatic heterocycles. The topological polar surface area (TPSA) is 77.7 Å². The maximum Gasteiger partial charge on any atom is 0.331 e. The number of nitrogens with zero attached hydrogens (tertiary/aromatic N) is 2. The Morgan fingerprint density at radius 1 is 0.841 bits per heavy atom. The molecule has 0 fully saturated rings. The minimum absolute atomic E-state index is 0.0424. The Balaban J connectivity index is 1.50. The number of carbonyl (C=O) groups is 3. The van der Waals surface area contributed by atoms with Crippen LogP contribution >= 0.6 is 27.7 Å². The van der Waals surface area contributed by atoms with Gasteiger partial charge in [0.25, 0.3) is 0 Å². The highest BCUT2D eigenvalue weighted by atomic mass is 79.9. The molecule has 8 heteroatoms. The van der Waals surface area contributed by atoms with Gasteiger partial charge in [-0.15, -0.1) is 11.8 Å². The molecule has 0 spiro atoms. The van der Waals surface area contributed by atoms with Crippen LogP contribution in [0.25, 0.3) is 21.8 Å². The Labute approximate surface area is 269 Å². The summed E-state index contributed by atoms with van der Waals surface area (Å²) in [4.78, 5) is 45.0. The molecule has 0 saturated carbocycles. The molecule has 0 atom stereocenters. The summed E-state index contributed by atoms with van der Waals surface area (Å²) in [5.41, 5.74) is 7.03. The van der Waals surface area contributed by atoms with Crippen molar-refractivity contribution in [2.24, 2.45) is 5.16 Å². The van der Waals surface area contributed by atoms with E-state index in [0.29, 0.717) is 28.9 Å². The van der Waals surface area contributed by atoms with Crippen LogP contribution in [0.1, 0.15) is 63.2 Å². The van der Waals surface area contributed by atoms with Gasteiger partial charge in [0.15, 0.2) is 5.78 Å². The first-order valence-corrected chi connectivity index (χ1v) is 16.2. The molecule has 44 heavy (non-hydrogen) atoms. The number of carbonyl (C=O) groups excluding carboxylic acids is 3. The summed E-state index contributed by atoms with van der Waals surface area (Å²) in [6.07, 6.45) is 0.315. The molecule has 4 aromatic carbocycles. The number of hydrogen-bond acceptors (Lipinski definition) is 6. The van der Waals surface area contributed by atoms with Crippen molar-refractivity contribution in [1.29, 1.82) is 0 Å². The van der Waals surface area contributed by atoms with Gasteiger partial charge in [-0.05, 0) is 92.9 Å². The van der Waals surface area contributed by atoms with Crippen molar-refractivity contribution in [3.8, 4) is 0 Å². The third-order valence-corrected chi connectivity index (χ3v) is 9.45. The zero-order valence-corrected chi connectivity index (χ0v) is 27.8. The van der Waals surface area contributed by atoms with Crippen LogP contribution in [0.5, 0.6) is 0 Å². The monoisotopic (exact) mass is 668 g/mol. The van der Waals surface area contributed by atoms with Gasteiger partial charge in [-0.3, -0.25) is 9.59 Å². The number of benzene rings is 4. The number of hydrogen-bond donors (Lipinski definition) is 0. The predicted octanol–water partition coefficient (Wildman–Crippen LogP) is 9.02. The van der Waals surface area contributed by atoms with Crippen molar-refractivity contribution < 1.29 is 19.2 Å². The van der Waals surface area contributed by atoms with Crippen LogP contribution in [-0.4, -0.2) is 33.6 Å². The van der Waals surface area contributed by atoms with Crippen LogP contribution in [-0.2, 0) is 16.2 Å². The Hall–Kier alpha value is -4.01. The van der Waals surface area contributed by atoms with Crippen LogP contribution in [0.15, 0.2) is 87.3 Å². The van der Waals surface area contributed by atoms with Crippen molar-refractivity contribution in [3.05, 3.63) is 111 Å². The van der Waals surface area contributed by atoms with Gasteiger partial charge in [0.05, 0.1) is 0 Å². The largest absolute Gasteiger partial charge is 0.341 e. The SMILES string of the molecule is CCn1c2ccc(C(=O)/C(CCSc3c(C)cc(Br)cc3C)=N/OC(C)=O)cc2c2cc(C(=O)c3ccccc3C)ccc21. The maximum atomic E-state index is 13.8. The van der Waals surface area contributed by atoms with E-state index >= 15 is 0 Å². The zero-order valence-electron chi connectivity index (χ0n) is 25.4. The molecule has 224 valence electrons. The van der Waals surface area contributed by atoms with Crippen LogP contribution in [0.4, 0.5) is 0 Å². The lowest BCUT2D eigenvalue weighted by Crippen LogP contribution is -2.17. The summed E-state index contributed by atoms with van der Waals surface area (Å²) in [5, 5.41) is 5.74. The Morgan fingerprint density at radius 2 is 1.45 bits per heavy atom. The molecule has 0 aliphatic carbocycles. The van der Waals surface area contributed by atoms with Crippen molar-refractivity contribution in [2.45, 2.75) is 52.5 Å². The molecule has 0 amide bonds. The number of halogens is 1. The van der Waals surface area contributed by atoms with Crippen LogP contribution < -0.4 is 0 Å². The molecule has 5 aromatic rings. The molecule has 6 nitrogen and oxygen atoms in total. The lowest BCUT2D eigenvalue weighted by atomic mass is 9.97. The standard InChI is InChI=1S/C36H33BrN2O4S/c1-6-39-32-13-11-25(34(41)28-10-8-7-9-21(28)2)19-29(32)30-20-26(12-14-33(30)39)35(42)31(38-43-24(5)40)15-16-44-36-22(3)17-27(37)18-23(36)4/h7-14,17-20H,6,15-16H2,1-5H3/b38-31+. The van der Waals surface area contributed by atoms with Gasteiger partial charge >= 0.3 is 5.97 Å². The summed E-state index contributed by atoms with van der Waals surface area (Å²) in [6, 6.07) is 23.0. The maximum absolute atomic E-state index is 13.8. The van der Waals surface area contributed by atoms with Gasteiger partial charge in [-0.1, -0.05) is 45.4 Å². The van der Waals surface area contributed by atoms with E-state index in [-0.39, 0.29) is 17.3 Å². The Kier molecular flexibility index (Phi) is 9.51. The smallest absolute Gasteiger partial charge is 0.331 e. The van der Waals surface area contributed by atoms with Crippen molar-refractivity contribution in [2.75, 3.05) is 5.75 Å². The normalized spacial score (nSPS) is 11.7. The van der Waals surface area contributed by atoms with Crippen LogP contribution in [0, 0.1) is 20.8 Å². The molecular formula is C36H33BrN2O4S. The molecule has 1 heterocycles. The number of Topliss-reactive ketones (excluding diaryl/α,β-unsaturated/α-hetero) is 1. The number of oxime groups is 1. The highest BCUT2D eigenvalue weighted by molar-refractivity contribution is 9.10. The van der Waals surface area contributed by atoms with Gasteiger partial charge < -0.3 is 9.40 Å². The number of thioether (sulfide) groups is 1. The number of rotatable bonds is 10. The molecule has 0 radical (unpaired) electrons. The van der Waals surface area contributed by atoms with Gasteiger partial charge in [0.2, 0.25) is 5.78 Å². The lowest BCUT2D eigenvalue weighted by Gasteiger charge is -2.11. The quantitative estimate of drug-likeness (QED) is 0.0488. The number of ketones is 2. The first-order chi connectivity index (χ1) is 21.1. The van der Waals surface area contributed by atoms with E-state index < -0.39 is 5.97 Å². The first-order valence-electron chi connectivity index (χ1n) is 14.4. The van der Waals surface area contributed by atoms with E-state index in [1.54, 1.807) is 17.8 Å². The predicted molar refractivity (Wildman–Crippen MR) is 182 cm³/mol. The third kappa shape index (κ3) is 6.42. The van der Waals surface area contributed by atoms with Gasteiger partial charge in [-0.25, -0.2) is 4.79 Å². The average molecular weight is 670 g/mol. The Morgan fingerprint density at radius 3 is 2.07 bits per heavy atom. The van der Waals surface area contributed by atoms with E-state index in [0.717, 1.165) is 54.4 Å². The third-order valence-electron chi connectivity index (χ3n) is 7.65. The first kappa shape index (κ1) is 31.4. The Bertz CT molecular complexity index is 1950. The fraction of sp³-hybridized carbons (Fsp3) is 0.222. The van der Waals surface area contributed by atoms with Crippen LogP contribution in [0.2, 0.25) is 0 Å². The molecule has 0 aliphatic heterocycles. The van der Waals surface area contributed by atoms with Crippen LogP contribution in [0.3, 0.4) is 0 Å². The van der Waals surface area contributed by atoms with Crippen molar-refractivity contribution in [1.82, 2.24) is 4.57 Å². The van der Waals surface area contributed by atoms with Gasteiger partial charge in [0.1, 0.15) is 5.71 Å². The minimum Gasteiger partial charge on any atom is -0.341 e. The molecular weight excluding hydrogens is 636 g/mol. The van der Waals surface area contributed by atoms with E-state index in [1.165, 1.54) is 6.92 Å². The summed E-state index contributed by atoms with van der Waals surface area (Å²) < 4.78 is 3.20. The molecule has 0 unspecified atom stereocenters. The summed E-state index contributed by atoms with van der Waals surface area (Å²) in [5.74, 6) is -0.353. The zero-order chi connectivity index (χ0) is 31.5. The number of fused-ring (bicyclic) bond motifs is 3. The molecule has 0 N–H and O–H groups in total. The second kappa shape index (κ2) is 13.3. The molecule has 0 aliphatic rings. The average Bonchev–Trinajstić information content (AvgIpc) is 3.31. The minimum atomic E-state index is -0.588. The summed E-state index contributed by atoms with van der Waals surface area (Å²) >= 11 is 5.18. The number of aromatic nitrogens is 1. The molecule has 0 bridgehead atoms. The van der Waals surface area contributed by atoms with Crippen molar-refractivity contribution >= 4 is 72.7 Å². The van der Waals surface area contributed by atoms with Gasteiger partial charge in [-0.2, -0.15) is 0 Å². The second-order valence-electron chi connectivity index (χ2n) is 10.8. The highest BCUT2D eigenvalue weighted by Crippen LogP contribution is 2.33. The fourth-order valence-corrected chi connectivity index (χ4v) is 7.33. The summed E-state index contributed by atoms with van der Waals surface area (Å²) in [6.45, 7) is 10.1. The fourth-order valence-electron chi connectivity index (χ4n) is 5.57. The summed E-state index contributed by atoms with van der Waals surface area (Å²) in [7, 11) is 0. The van der Waals surface area contributed by atoms with E-state index in [4.69, 9.17) is 4.84 Å². The number of aryl methyl sites for hydroxylation is 4.